The van der Waals surface area contributed by atoms with Gasteiger partial charge in [0, 0.05) is 12.2 Å². The molecule has 0 spiro atoms. The van der Waals surface area contributed by atoms with Crippen molar-refractivity contribution in [3.8, 4) is 0 Å². The van der Waals surface area contributed by atoms with E-state index in [0.717, 1.165) is 21.5 Å². The minimum absolute atomic E-state index is 0.0575. The number of fused-ring (bicyclic) bond motifs is 1. The van der Waals surface area contributed by atoms with Gasteiger partial charge in [0.15, 0.2) is 0 Å². The standard InChI is InChI=1S/C10H12BrN3/c1-6(12)8-3-4-14-7(2)13-10(11)9(14)5-8/h3-6H,12H2,1-2H3. The average Bonchev–Trinajstić information content (AvgIpc) is 2.42. The lowest BCUT2D eigenvalue weighted by Crippen LogP contribution is -2.05. The van der Waals surface area contributed by atoms with E-state index in [4.69, 9.17) is 5.73 Å². The smallest absolute Gasteiger partial charge is 0.132 e. The van der Waals surface area contributed by atoms with Gasteiger partial charge in [0.05, 0.1) is 5.52 Å². The fourth-order valence-electron chi connectivity index (χ4n) is 1.49. The number of pyridine rings is 1. The predicted octanol–water partition coefficient (Wildman–Crippen LogP) is 2.42. The number of aromatic nitrogens is 2. The molecule has 0 aromatic carbocycles. The van der Waals surface area contributed by atoms with Gasteiger partial charge in [-0.2, -0.15) is 0 Å². The van der Waals surface area contributed by atoms with E-state index in [0.29, 0.717) is 0 Å². The fourth-order valence-corrected chi connectivity index (χ4v) is 2.06. The third kappa shape index (κ3) is 1.44. The Bertz CT molecular complexity index is 473. The van der Waals surface area contributed by atoms with Gasteiger partial charge >= 0.3 is 0 Å². The van der Waals surface area contributed by atoms with E-state index in [9.17, 15) is 0 Å². The summed E-state index contributed by atoms with van der Waals surface area (Å²) in [7, 11) is 0. The summed E-state index contributed by atoms with van der Waals surface area (Å²) in [4.78, 5) is 4.33. The molecule has 4 heteroatoms. The number of imidazole rings is 1. The molecular weight excluding hydrogens is 242 g/mol. The summed E-state index contributed by atoms with van der Waals surface area (Å²) in [6, 6.07) is 4.15. The molecule has 0 bridgehead atoms. The van der Waals surface area contributed by atoms with E-state index in [1.807, 2.05) is 30.5 Å². The lowest BCUT2D eigenvalue weighted by Gasteiger charge is -2.06. The molecule has 2 aromatic heterocycles. The van der Waals surface area contributed by atoms with Gasteiger partial charge in [-0.25, -0.2) is 4.98 Å². The summed E-state index contributed by atoms with van der Waals surface area (Å²) in [6.07, 6.45) is 2.00. The molecule has 0 amide bonds. The molecule has 0 fully saturated rings. The second kappa shape index (κ2) is 3.37. The minimum Gasteiger partial charge on any atom is -0.324 e. The Kier molecular flexibility index (Phi) is 2.33. The molecule has 2 rings (SSSR count). The van der Waals surface area contributed by atoms with Crippen molar-refractivity contribution < 1.29 is 0 Å². The molecule has 0 aliphatic heterocycles. The highest BCUT2D eigenvalue weighted by atomic mass is 79.9. The number of halogens is 1. The van der Waals surface area contributed by atoms with Gasteiger partial charge in [0.2, 0.25) is 0 Å². The number of hydrogen-bond acceptors (Lipinski definition) is 2. The first-order valence-corrected chi connectivity index (χ1v) is 5.28. The molecule has 1 atom stereocenters. The van der Waals surface area contributed by atoms with Crippen LogP contribution in [0.5, 0.6) is 0 Å². The Labute approximate surface area is 91.1 Å². The molecule has 0 saturated heterocycles. The van der Waals surface area contributed by atoms with Gasteiger partial charge in [-0.1, -0.05) is 0 Å². The van der Waals surface area contributed by atoms with Crippen molar-refractivity contribution in [3.63, 3.8) is 0 Å². The highest BCUT2D eigenvalue weighted by Crippen LogP contribution is 2.21. The quantitative estimate of drug-likeness (QED) is 0.849. The van der Waals surface area contributed by atoms with Crippen molar-refractivity contribution in [1.82, 2.24) is 9.38 Å². The molecule has 0 aliphatic rings. The molecule has 3 nitrogen and oxygen atoms in total. The minimum atomic E-state index is 0.0575. The van der Waals surface area contributed by atoms with Crippen LogP contribution in [0.4, 0.5) is 0 Å². The Morgan fingerprint density at radius 2 is 2.29 bits per heavy atom. The van der Waals surface area contributed by atoms with Gasteiger partial charge in [-0.15, -0.1) is 0 Å². The third-order valence-electron chi connectivity index (χ3n) is 2.32. The van der Waals surface area contributed by atoms with Crippen molar-refractivity contribution in [3.05, 3.63) is 34.3 Å². The van der Waals surface area contributed by atoms with E-state index in [1.165, 1.54) is 0 Å². The summed E-state index contributed by atoms with van der Waals surface area (Å²) in [5, 5.41) is 0. The van der Waals surface area contributed by atoms with Crippen LogP contribution < -0.4 is 5.73 Å². The van der Waals surface area contributed by atoms with Gasteiger partial charge in [-0.05, 0) is 47.5 Å². The second-order valence-corrected chi connectivity index (χ2v) is 4.20. The fraction of sp³-hybridized carbons (Fsp3) is 0.300. The van der Waals surface area contributed by atoms with Crippen LogP contribution in [-0.4, -0.2) is 9.38 Å². The summed E-state index contributed by atoms with van der Waals surface area (Å²) in [5.41, 5.74) is 8.01. The van der Waals surface area contributed by atoms with Gasteiger partial charge in [0.1, 0.15) is 10.4 Å². The van der Waals surface area contributed by atoms with E-state index in [2.05, 4.69) is 27.0 Å². The van der Waals surface area contributed by atoms with Gasteiger partial charge in [0.25, 0.3) is 0 Å². The zero-order valence-corrected chi connectivity index (χ0v) is 9.75. The molecule has 1 unspecified atom stereocenters. The summed E-state index contributed by atoms with van der Waals surface area (Å²) >= 11 is 3.43. The monoisotopic (exact) mass is 253 g/mol. The predicted molar refractivity (Wildman–Crippen MR) is 60.2 cm³/mol. The first-order chi connectivity index (χ1) is 6.59. The van der Waals surface area contributed by atoms with Crippen LogP contribution in [0.3, 0.4) is 0 Å². The molecule has 0 saturated carbocycles. The zero-order valence-electron chi connectivity index (χ0n) is 8.16. The summed E-state index contributed by atoms with van der Waals surface area (Å²) < 4.78 is 2.91. The molecule has 0 aliphatic carbocycles. The molecule has 2 aromatic rings. The zero-order chi connectivity index (χ0) is 10.3. The highest BCUT2D eigenvalue weighted by Gasteiger charge is 2.07. The molecule has 74 valence electrons. The molecule has 2 heterocycles. The lowest BCUT2D eigenvalue weighted by molar-refractivity contribution is 0.815. The maximum atomic E-state index is 5.82. The largest absolute Gasteiger partial charge is 0.324 e. The Hall–Kier alpha value is -0.870. The summed E-state index contributed by atoms with van der Waals surface area (Å²) in [6.45, 7) is 3.95. The molecule has 2 N–H and O–H groups in total. The third-order valence-corrected chi connectivity index (χ3v) is 2.91. The van der Waals surface area contributed by atoms with E-state index in [1.54, 1.807) is 0 Å². The van der Waals surface area contributed by atoms with Crippen molar-refractivity contribution in [2.75, 3.05) is 0 Å². The highest BCUT2D eigenvalue weighted by molar-refractivity contribution is 9.10. The first kappa shape index (κ1) is 9.68. The van der Waals surface area contributed by atoms with Crippen LogP contribution >= 0.6 is 15.9 Å². The van der Waals surface area contributed by atoms with E-state index < -0.39 is 0 Å². The molecule has 14 heavy (non-hydrogen) atoms. The second-order valence-electron chi connectivity index (χ2n) is 3.45. The Morgan fingerprint density at radius 1 is 1.57 bits per heavy atom. The van der Waals surface area contributed by atoms with Crippen LogP contribution in [0.1, 0.15) is 24.4 Å². The van der Waals surface area contributed by atoms with E-state index in [-0.39, 0.29) is 6.04 Å². The van der Waals surface area contributed by atoms with E-state index >= 15 is 0 Å². The lowest BCUT2D eigenvalue weighted by atomic mass is 10.1. The average molecular weight is 254 g/mol. The van der Waals surface area contributed by atoms with Crippen molar-refractivity contribution in [1.29, 1.82) is 0 Å². The first-order valence-electron chi connectivity index (χ1n) is 4.49. The molecule has 0 radical (unpaired) electrons. The SMILES string of the molecule is Cc1nc(Br)c2cc(C(C)N)ccn12. The normalized spacial score (nSPS) is 13.4. The van der Waals surface area contributed by atoms with Gasteiger partial charge in [-0.3, -0.25) is 0 Å². The maximum absolute atomic E-state index is 5.82. The Morgan fingerprint density at radius 3 is 2.93 bits per heavy atom. The topological polar surface area (TPSA) is 43.3 Å². The van der Waals surface area contributed by atoms with Crippen LogP contribution in [-0.2, 0) is 0 Å². The van der Waals surface area contributed by atoms with Crippen LogP contribution in [0.15, 0.2) is 22.9 Å². The van der Waals surface area contributed by atoms with Crippen molar-refractivity contribution >= 4 is 21.4 Å². The summed E-state index contributed by atoms with van der Waals surface area (Å²) in [5.74, 6) is 0.975. The van der Waals surface area contributed by atoms with Crippen LogP contribution in [0.2, 0.25) is 0 Å². The van der Waals surface area contributed by atoms with Crippen molar-refractivity contribution in [2.45, 2.75) is 19.9 Å². The number of aryl methyl sites for hydroxylation is 1. The maximum Gasteiger partial charge on any atom is 0.132 e. The van der Waals surface area contributed by atoms with Crippen LogP contribution in [0, 0.1) is 6.92 Å². The molecular formula is C10H12BrN3. The number of nitrogens with zero attached hydrogens (tertiary/aromatic N) is 2. The van der Waals surface area contributed by atoms with Crippen molar-refractivity contribution in [2.24, 2.45) is 5.73 Å². The number of hydrogen-bond donors (Lipinski definition) is 1. The number of rotatable bonds is 1. The Balaban J connectivity index is 2.71. The number of nitrogens with two attached hydrogens (primary N) is 1. The van der Waals surface area contributed by atoms with Crippen LogP contribution in [0.25, 0.3) is 5.52 Å². The van der Waals surface area contributed by atoms with Gasteiger partial charge < -0.3 is 10.1 Å².